The zero-order valence-corrected chi connectivity index (χ0v) is 27.5. The van der Waals surface area contributed by atoms with Crippen LogP contribution in [0.25, 0.3) is 0 Å². The lowest BCUT2D eigenvalue weighted by Crippen LogP contribution is -2.38. The van der Waals surface area contributed by atoms with Crippen LogP contribution in [-0.2, 0) is 16.8 Å². The topological polar surface area (TPSA) is 42.0 Å². The summed E-state index contributed by atoms with van der Waals surface area (Å²) in [5, 5.41) is 4.61. The summed E-state index contributed by atoms with van der Waals surface area (Å²) in [4.78, 5) is 13.4. The van der Waals surface area contributed by atoms with Gasteiger partial charge >= 0.3 is 5.97 Å². The van der Waals surface area contributed by atoms with E-state index in [1.54, 1.807) is 0 Å². The van der Waals surface area contributed by atoms with Crippen molar-refractivity contribution in [2.24, 2.45) is 0 Å². The maximum atomic E-state index is 13.4. The van der Waals surface area contributed by atoms with Crippen molar-refractivity contribution in [1.29, 1.82) is 0 Å². The maximum absolute atomic E-state index is 13.4. The van der Waals surface area contributed by atoms with Crippen molar-refractivity contribution in [1.82, 2.24) is 0 Å². The third-order valence-corrected chi connectivity index (χ3v) is 9.76. The number of esters is 1. The van der Waals surface area contributed by atoms with Crippen LogP contribution >= 0.6 is 0 Å². The molecule has 0 fully saturated rings. The fourth-order valence-corrected chi connectivity index (χ4v) is 7.34. The third kappa shape index (κ3) is 4.42. The number of carbonyl (C=O) groups excluding carboxylic acids is 1. The Hall–Kier alpha value is -5.81. The van der Waals surface area contributed by atoms with Gasteiger partial charge in [0.15, 0.2) is 5.60 Å². The second-order valence-electron chi connectivity index (χ2n) is 12.5. The molecule has 0 saturated heterocycles. The molecule has 0 aliphatic carbocycles. The van der Waals surface area contributed by atoms with E-state index >= 15 is 0 Å². The smallest absolute Gasteiger partial charge is 0.340 e. The highest BCUT2D eigenvalue weighted by Crippen LogP contribution is 2.57. The van der Waals surface area contributed by atoms with Crippen molar-refractivity contribution in [2.45, 2.75) is 39.7 Å². The van der Waals surface area contributed by atoms with Gasteiger partial charge < -0.3 is 9.47 Å². The molecule has 1 unspecified atom stereocenters. The van der Waals surface area contributed by atoms with Gasteiger partial charge in [-0.2, -0.15) is 0 Å². The number of hydrazine groups is 1. The summed E-state index contributed by atoms with van der Waals surface area (Å²) in [5.74, 6) is 0.966. The Kier molecular flexibility index (Phi) is 7.06. The molecule has 0 aromatic heterocycles. The highest BCUT2D eigenvalue weighted by atomic mass is 16.6. The summed E-state index contributed by atoms with van der Waals surface area (Å²) in [6, 6.07) is 45.3. The van der Waals surface area contributed by atoms with Gasteiger partial charge in [0.25, 0.3) is 0 Å². The molecule has 48 heavy (non-hydrogen) atoms. The van der Waals surface area contributed by atoms with Crippen LogP contribution in [0, 0.1) is 20.8 Å². The number of carbonyl (C=O) groups is 1. The fraction of sp³-hybridized carbons (Fsp3) is 0.140. The maximum Gasteiger partial charge on any atom is 0.340 e. The van der Waals surface area contributed by atoms with E-state index in [1.165, 1.54) is 11.1 Å². The molecule has 0 bridgehead atoms. The molecule has 0 saturated carbocycles. The molecule has 2 aliphatic rings. The first-order valence-corrected chi connectivity index (χ1v) is 16.5. The molecule has 1 spiro atoms. The Balaban J connectivity index is 1.41. The van der Waals surface area contributed by atoms with Crippen LogP contribution in [0.2, 0.25) is 0 Å². The summed E-state index contributed by atoms with van der Waals surface area (Å²) < 4.78 is 13.1. The first kappa shape index (κ1) is 29.6. The Bertz CT molecular complexity index is 2180. The minimum atomic E-state index is -1.12. The van der Waals surface area contributed by atoms with Crippen molar-refractivity contribution in [2.75, 3.05) is 10.0 Å². The molecule has 5 nitrogen and oxygen atoms in total. The first-order valence-electron chi connectivity index (χ1n) is 16.5. The predicted octanol–water partition coefficient (Wildman–Crippen LogP) is 10.6. The SMILES string of the molecule is CCc1cccc(N(c2ccc3c(c2)Oc2ccccc2C32OC(=O)c3ccccc32)N(c2ccccc2C)c2ccccc2C)c1C. The van der Waals surface area contributed by atoms with E-state index in [2.05, 4.69) is 123 Å². The lowest BCUT2D eigenvalue weighted by Gasteiger charge is -2.42. The number of anilines is 4. The average Bonchev–Trinajstić information content (AvgIpc) is 3.40. The average molecular weight is 629 g/mol. The Morgan fingerprint density at radius 1 is 0.583 bits per heavy atom. The predicted molar refractivity (Wildman–Crippen MR) is 192 cm³/mol. The monoisotopic (exact) mass is 628 g/mol. The molecular weight excluding hydrogens is 592 g/mol. The van der Waals surface area contributed by atoms with Gasteiger partial charge in [-0.3, -0.25) is 0 Å². The quantitative estimate of drug-likeness (QED) is 0.136. The Morgan fingerprint density at radius 2 is 1.19 bits per heavy atom. The number of fused-ring (bicyclic) bond motifs is 6. The highest BCUT2D eigenvalue weighted by Gasteiger charge is 2.53. The number of aryl methyl sites for hydroxylation is 3. The van der Waals surface area contributed by atoms with Crippen LogP contribution in [0.1, 0.15) is 56.2 Å². The van der Waals surface area contributed by atoms with Gasteiger partial charge in [-0.15, -0.1) is 0 Å². The van der Waals surface area contributed by atoms with Crippen LogP contribution in [0.5, 0.6) is 11.5 Å². The van der Waals surface area contributed by atoms with Crippen LogP contribution in [0.4, 0.5) is 22.7 Å². The molecular formula is C43H36N2O3. The van der Waals surface area contributed by atoms with Crippen molar-refractivity contribution in [3.63, 3.8) is 0 Å². The van der Waals surface area contributed by atoms with E-state index in [4.69, 9.17) is 9.47 Å². The van der Waals surface area contributed by atoms with Crippen molar-refractivity contribution < 1.29 is 14.3 Å². The molecule has 0 N–H and O–H groups in total. The van der Waals surface area contributed by atoms with Crippen LogP contribution in [0.3, 0.4) is 0 Å². The molecule has 0 radical (unpaired) electrons. The highest BCUT2D eigenvalue weighted by molar-refractivity contribution is 5.97. The van der Waals surface area contributed by atoms with E-state index < -0.39 is 5.60 Å². The van der Waals surface area contributed by atoms with Crippen molar-refractivity contribution in [3.8, 4) is 11.5 Å². The molecule has 5 heteroatoms. The normalized spacial score (nSPS) is 15.6. The molecule has 2 heterocycles. The standard InChI is InChI=1S/C43H36N2O3/c1-5-31-17-14-23-39(30(31)4)44(45(37-21-11-6-15-28(37)2)38-22-12-7-16-29(38)3)32-25-26-36-41(27-32)47-40-24-13-10-20-35(40)43(36)34-19-9-8-18-33(34)42(46)48-43/h6-27H,5H2,1-4H3. The number of hydrogen-bond donors (Lipinski definition) is 0. The van der Waals surface area contributed by atoms with E-state index in [0.29, 0.717) is 17.1 Å². The van der Waals surface area contributed by atoms with Gasteiger partial charge in [0.2, 0.25) is 0 Å². The molecule has 6 aromatic rings. The molecule has 8 rings (SSSR count). The molecule has 1 atom stereocenters. The molecule has 2 aliphatic heterocycles. The number of para-hydroxylation sites is 3. The summed E-state index contributed by atoms with van der Waals surface area (Å²) in [6.45, 7) is 8.69. The van der Waals surface area contributed by atoms with Gasteiger partial charge in [0, 0.05) is 22.8 Å². The van der Waals surface area contributed by atoms with Gasteiger partial charge in [0.05, 0.1) is 28.3 Å². The van der Waals surface area contributed by atoms with E-state index in [9.17, 15) is 4.79 Å². The second-order valence-corrected chi connectivity index (χ2v) is 12.5. The third-order valence-electron chi connectivity index (χ3n) is 9.76. The summed E-state index contributed by atoms with van der Waals surface area (Å²) in [5.41, 5.74) is 10.7. The van der Waals surface area contributed by atoms with Crippen LogP contribution in [-0.4, -0.2) is 5.97 Å². The number of benzene rings is 6. The molecule has 0 amide bonds. The second kappa shape index (κ2) is 11.5. The number of ether oxygens (including phenoxy) is 2. The zero-order chi connectivity index (χ0) is 33.0. The van der Waals surface area contributed by atoms with Crippen LogP contribution < -0.4 is 14.8 Å². The summed E-state index contributed by atoms with van der Waals surface area (Å²) in [7, 11) is 0. The summed E-state index contributed by atoms with van der Waals surface area (Å²) >= 11 is 0. The summed E-state index contributed by atoms with van der Waals surface area (Å²) in [6.07, 6.45) is 0.916. The molecule has 6 aromatic carbocycles. The van der Waals surface area contributed by atoms with E-state index in [-0.39, 0.29) is 5.97 Å². The number of hydrogen-bond acceptors (Lipinski definition) is 5. The van der Waals surface area contributed by atoms with E-state index in [1.807, 2.05) is 48.5 Å². The minimum Gasteiger partial charge on any atom is -0.456 e. The largest absolute Gasteiger partial charge is 0.456 e. The lowest BCUT2D eigenvalue weighted by atomic mass is 9.77. The Morgan fingerprint density at radius 3 is 1.90 bits per heavy atom. The van der Waals surface area contributed by atoms with Crippen molar-refractivity contribution >= 4 is 28.7 Å². The fourth-order valence-electron chi connectivity index (χ4n) is 7.34. The van der Waals surface area contributed by atoms with Crippen molar-refractivity contribution in [3.05, 3.63) is 178 Å². The minimum absolute atomic E-state index is 0.337. The van der Waals surface area contributed by atoms with E-state index in [0.717, 1.165) is 57.0 Å². The zero-order valence-electron chi connectivity index (χ0n) is 27.5. The lowest BCUT2D eigenvalue weighted by molar-refractivity contribution is 0.0224. The van der Waals surface area contributed by atoms with Gasteiger partial charge in [0.1, 0.15) is 11.5 Å². The van der Waals surface area contributed by atoms with Gasteiger partial charge in [-0.1, -0.05) is 91.9 Å². The number of rotatable bonds is 6. The van der Waals surface area contributed by atoms with Crippen LogP contribution in [0.15, 0.2) is 133 Å². The molecule has 236 valence electrons. The Labute approximate surface area is 281 Å². The number of nitrogens with zero attached hydrogens (tertiary/aromatic N) is 2. The first-order chi connectivity index (χ1) is 23.4. The van der Waals surface area contributed by atoms with Gasteiger partial charge in [-0.25, -0.2) is 14.8 Å². The van der Waals surface area contributed by atoms with Gasteiger partial charge in [-0.05, 0) is 91.9 Å².